The smallest absolute Gasteiger partial charge is 0.127 e. The summed E-state index contributed by atoms with van der Waals surface area (Å²) in [5, 5.41) is 8.33. The molecule has 1 aliphatic carbocycles. The van der Waals surface area contributed by atoms with E-state index >= 15 is 0 Å². The molecule has 2 aliphatic rings. The van der Waals surface area contributed by atoms with Gasteiger partial charge in [0.2, 0.25) is 0 Å². The van der Waals surface area contributed by atoms with E-state index in [4.69, 9.17) is 5.10 Å². The van der Waals surface area contributed by atoms with E-state index in [1.807, 2.05) is 0 Å². The topological polar surface area (TPSA) is 29.9 Å². The van der Waals surface area contributed by atoms with Gasteiger partial charge in [0.25, 0.3) is 0 Å². The van der Waals surface area contributed by atoms with Gasteiger partial charge in [0, 0.05) is 12.1 Å². The highest BCUT2D eigenvalue weighted by atomic mass is 15.4. The zero-order valence-corrected chi connectivity index (χ0v) is 10.5. The highest BCUT2D eigenvalue weighted by molar-refractivity contribution is 5.49. The zero-order chi connectivity index (χ0) is 11.3. The van der Waals surface area contributed by atoms with Crippen molar-refractivity contribution in [2.75, 3.05) is 11.9 Å². The molecule has 1 aromatic rings. The summed E-state index contributed by atoms with van der Waals surface area (Å²) in [6, 6.07) is 0.628. The van der Waals surface area contributed by atoms with Gasteiger partial charge in [-0.05, 0) is 38.0 Å². The van der Waals surface area contributed by atoms with Crippen LogP contribution in [0.2, 0.25) is 0 Å². The summed E-state index contributed by atoms with van der Waals surface area (Å²) in [4.78, 5) is 0. The predicted octanol–water partition coefficient (Wildman–Crippen LogP) is 2.91. The summed E-state index contributed by atoms with van der Waals surface area (Å²) in [6.45, 7) is 7.91. The van der Waals surface area contributed by atoms with Gasteiger partial charge in [-0.2, -0.15) is 5.10 Å². The van der Waals surface area contributed by atoms with E-state index in [0.717, 1.165) is 13.0 Å². The number of fused-ring (bicyclic) bond motifs is 1. The minimum atomic E-state index is 0.528. The first kappa shape index (κ1) is 10.2. The molecule has 0 saturated heterocycles. The molecule has 3 rings (SSSR count). The predicted molar refractivity (Wildman–Crippen MR) is 65.8 cm³/mol. The normalized spacial score (nSPS) is 26.1. The zero-order valence-electron chi connectivity index (χ0n) is 10.5. The van der Waals surface area contributed by atoms with Gasteiger partial charge in [0.1, 0.15) is 5.82 Å². The van der Waals surface area contributed by atoms with E-state index in [1.54, 1.807) is 0 Å². The summed E-state index contributed by atoms with van der Waals surface area (Å²) in [5.41, 5.74) is 3.15. The number of hydrogen-bond acceptors (Lipinski definition) is 2. The largest absolute Gasteiger partial charge is 0.370 e. The van der Waals surface area contributed by atoms with Gasteiger partial charge in [-0.25, -0.2) is 4.68 Å². The Labute approximate surface area is 97.2 Å². The highest BCUT2D eigenvalue weighted by Gasteiger charge is 2.47. The van der Waals surface area contributed by atoms with Gasteiger partial charge >= 0.3 is 0 Å². The molecular formula is C13H21N3. The molecule has 88 valence electrons. The quantitative estimate of drug-likeness (QED) is 0.829. The molecule has 0 bridgehead atoms. The van der Waals surface area contributed by atoms with E-state index in [0.29, 0.717) is 11.5 Å². The van der Waals surface area contributed by atoms with Gasteiger partial charge in [-0.3, -0.25) is 0 Å². The second-order valence-electron chi connectivity index (χ2n) is 5.60. The number of rotatable bonds is 2. The van der Waals surface area contributed by atoms with Crippen molar-refractivity contribution in [3.63, 3.8) is 0 Å². The Morgan fingerprint density at radius 2 is 2.25 bits per heavy atom. The standard InChI is InChI=1S/C13H21N3/c1-4-10-9(2)12-14-8-5-11(16(12)15-10)13(3)6-7-13/h11,14H,4-8H2,1-3H3. The molecule has 0 aromatic carbocycles. The van der Waals surface area contributed by atoms with Crippen molar-refractivity contribution < 1.29 is 0 Å². The van der Waals surface area contributed by atoms with Crippen LogP contribution in [0.15, 0.2) is 0 Å². The molecule has 1 atom stereocenters. The summed E-state index contributed by atoms with van der Waals surface area (Å²) >= 11 is 0. The van der Waals surface area contributed by atoms with Crippen LogP contribution in [-0.2, 0) is 6.42 Å². The van der Waals surface area contributed by atoms with Crippen molar-refractivity contribution >= 4 is 5.82 Å². The lowest BCUT2D eigenvalue weighted by atomic mass is 9.94. The fourth-order valence-electron chi connectivity index (χ4n) is 2.96. The Balaban J connectivity index is 2.05. The van der Waals surface area contributed by atoms with Crippen molar-refractivity contribution in [3.05, 3.63) is 11.3 Å². The number of anilines is 1. The van der Waals surface area contributed by atoms with Gasteiger partial charge in [0.05, 0.1) is 11.7 Å². The second kappa shape index (κ2) is 3.25. The lowest BCUT2D eigenvalue weighted by molar-refractivity contribution is 0.283. The third kappa shape index (κ3) is 1.30. The first-order valence-corrected chi connectivity index (χ1v) is 6.47. The van der Waals surface area contributed by atoms with Crippen molar-refractivity contribution in [1.29, 1.82) is 0 Å². The van der Waals surface area contributed by atoms with Gasteiger partial charge in [-0.15, -0.1) is 0 Å². The number of aromatic nitrogens is 2. The molecule has 1 saturated carbocycles. The van der Waals surface area contributed by atoms with Crippen molar-refractivity contribution in [1.82, 2.24) is 9.78 Å². The average molecular weight is 219 g/mol. The molecule has 1 N–H and O–H groups in total. The summed E-state index contributed by atoms with van der Waals surface area (Å²) in [5.74, 6) is 1.28. The monoisotopic (exact) mass is 219 g/mol. The molecule has 1 unspecified atom stereocenters. The fourth-order valence-corrected chi connectivity index (χ4v) is 2.96. The average Bonchev–Trinajstić information content (AvgIpc) is 2.95. The lowest BCUT2D eigenvalue weighted by Crippen LogP contribution is -2.29. The van der Waals surface area contributed by atoms with Crippen LogP contribution in [0.1, 0.15) is 50.4 Å². The highest BCUT2D eigenvalue weighted by Crippen LogP contribution is 2.56. The maximum atomic E-state index is 4.81. The van der Waals surface area contributed by atoms with E-state index in [9.17, 15) is 0 Å². The van der Waals surface area contributed by atoms with Gasteiger partial charge in [0.15, 0.2) is 0 Å². The van der Waals surface area contributed by atoms with E-state index < -0.39 is 0 Å². The Morgan fingerprint density at radius 1 is 1.50 bits per heavy atom. The Hall–Kier alpha value is -0.990. The van der Waals surface area contributed by atoms with E-state index in [1.165, 1.54) is 36.3 Å². The van der Waals surface area contributed by atoms with Crippen molar-refractivity contribution in [2.45, 2.75) is 52.5 Å². The fraction of sp³-hybridized carbons (Fsp3) is 0.769. The molecule has 3 heteroatoms. The molecule has 0 spiro atoms. The lowest BCUT2D eigenvalue weighted by Gasteiger charge is -2.30. The van der Waals surface area contributed by atoms with Crippen LogP contribution < -0.4 is 5.32 Å². The molecule has 1 aromatic heterocycles. The first-order valence-electron chi connectivity index (χ1n) is 6.47. The number of aryl methyl sites for hydroxylation is 1. The van der Waals surface area contributed by atoms with Gasteiger partial charge in [-0.1, -0.05) is 13.8 Å². The molecule has 16 heavy (non-hydrogen) atoms. The maximum Gasteiger partial charge on any atom is 0.127 e. The molecule has 0 amide bonds. The van der Waals surface area contributed by atoms with Crippen LogP contribution in [0.5, 0.6) is 0 Å². The third-order valence-corrected chi connectivity index (χ3v) is 4.43. The Bertz CT molecular complexity index is 415. The molecule has 1 aliphatic heterocycles. The minimum absolute atomic E-state index is 0.528. The van der Waals surface area contributed by atoms with Crippen LogP contribution in [0, 0.1) is 12.3 Å². The summed E-state index contributed by atoms with van der Waals surface area (Å²) in [6.07, 6.45) is 5.01. The van der Waals surface area contributed by atoms with Crippen molar-refractivity contribution in [3.8, 4) is 0 Å². The van der Waals surface area contributed by atoms with Crippen LogP contribution in [-0.4, -0.2) is 16.3 Å². The SMILES string of the molecule is CCc1nn2c(c1C)NCCC2C1(C)CC1. The maximum absolute atomic E-state index is 4.81. The van der Waals surface area contributed by atoms with E-state index in [-0.39, 0.29) is 0 Å². The number of nitrogens with one attached hydrogen (secondary N) is 1. The van der Waals surface area contributed by atoms with Crippen molar-refractivity contribution in [2.24, 2.45) is 5.41 Å². The Kier molecular flexibility index (Phi) is 2.07. The number of hydrogen-bond donors (Lipinski definition) is 1. The second-order valence-corrected chi connectivity index (χ2v) is 5.60. The molecular weight excluding hydrogens is 198 g/mol. The van der Waals surface area contributed by atoms with Crippen LogP contribution in [0.4, 0.5) is 5.82 Å². The van der Waals surface area contributed by atoms with Gasteiger partial charge < -0.3 is 5.32 Å². The Morgan fingerprint density at radius 3 is 2.88 bits per heavy atom. The third-order valence-electron chi connectivity index (χ3n) is 4.43. The summed E-state index contributed by atoms with van der Waals surface area (Å²) < 4.78 is 2.28. The minimum Gasteiger partial charge on any atom is -0.370 e. The number of nitrogens with zero attached hydrogens (tertiary/aromatic N) is 2. The van der Waals surface area contributed by atoms with Crippen LogP contribution in [0.25, 0.3) is 0 Å². The van der Waals surface area contributed by atoms with Crippen LogP contribution >= 0.6 is 0 Å². The molecule has 0 radical (unpaired) electrons. The molecule has 2 heterocycles. The first-order chi connectivity index (χ1) is 7.65. The molecule has 3 nitrogen and oxygen atoms in total. The van der Waals surface area contributed by atoms with Crippen LogP contribution in [0.3, 0.4) is 0 Å². The van der Waals surface area contributed by atoms with E-state index in [2.05, 4.69) is 30.8 Å². The molecule has 1 fully saturated rings. The summed E-state index contributed by atoms with van der Waals surface area (Å²) in [7, 11) is 0.